The van der Waals surface area contributed by atoms with Crippen molar-refractivity contribution in [3.05, 3.63) is 53.5 Å². The number of nitrogens with zero attached hydrogens (tertiary/aromatic N) is 1. The third-order valence-electron chi connectivity index (χ3n) is 2.38. The van der Waals surface area contributed by atoms with E-state index in [1.54, 1.807) is 0 Å². The van der Waals surface area contributed by atoms with Crippen LogP contribution >= 0.6 is 11.8 Å². The van der Waals surface area contributed by atoms with Gasteiger partial charge in [0.15, 0.2) is 6.29 Å². The highest BCUT2D eigenvalue weighted by molar-refractivity contribution is 7.99. The molecule has 7 heteroatoms. The van der Waals surface area contributed by atoms with Crippen LogP contribution in [-0.2, 0) is 6.18 Å². The molecule has 2 aromatic rings. The molecule has 104 valence electrons. The van der Waals surface area contributed by atoms with E-state index >= 15 is 0 Å². The number of aromatic nitrogens is 1. The molecule has 0 aliphatic rings. The molecule has 0 N–H and O–H groups in total. The van der Waals surface area contributed by atoms with Crippen molar-refractivity contribution >= 4 is 18.0 Å². The zero-order chi connectivity index (χ0) is 14.8. The largest absolute Gasteiger partial charge is 0.417 e. The Morgan fingerprint density at radius 2 is 1.90 bits per heavy atom. The fourth-order valence-corrected chi connectivity index (χ4v) is 2.25. The van der Waals surface area contributed by atoms with Gasteiger partial charge in [-0.25, -0.2) is 9.37 Å². The maximum Gasteiger partial charge on any atom is 0.417 e. The van der Waals surface area contributed by atoms with Gasteiger partial charge in [-0.05, 0) is 30.3 Å². The molecule has 0 amide bonds. The summed E-state index contributed by atoms with van der Waals surface area (Å²) in [5.41, 5.74) is -0.728. The zero-order valence-corrected chi connectivity index (χ0v) is 10.6. The molecule has 1 heterocycles. The van der Waals surface area contributed by atoms with Gasteiger partial charge in [0.1, 0.15) is 10.8 Å². The molecule has 0 fully saturated rings. The monoisotopic (exact) mass is 301 g/mol. The number of hydrogen-bond donors (Lipinski definition) is 0. The van der Waals surface area contributed by atoms with Gasteiger partial charge in [0.25, 0.3) is 0 Å². The number of hydrogen-bond acceptors (Lipinski definition) is 3. The molecule has 2 rings (SSSR count). The van der Waals surface area contributed by atoms with Gasteiger partial charge in [0.2, 0.25) is 0 Å². The SMILES string of the molecule is O=Cc1cc(F)ccc1Sc1ccc(C(F)(F)F)cn1. The van der Waals surface area contributed by atoms with E-state index in [9.17, 15) is 22.4 Å². The number of halogens is 4. The lowest BCUT2D eigenvalue weighted by molar-refractivity contribution is -0.137. The summed E-state index contributed by atoms with van der Waals surface area (Å²) in [5, 5.41) is 0.285. The Labute approximate surface area is 115 Å². The molecule has 2 nitrogen and oxygen atoms in total. The number of benzene rings is 1. The Morgan fingerprint density at radius 3 is 2.45 bits per heavy atom. The van der Waals surface area contributed by atoms with Crippen molar-refractivity contribution in [2.24, 2.45) is 0 Å². The summed E-state index contributed by atoms with van der Waals surface area (Å²) in [6.45, 7) is 0. The summed E-state index contributed by atoms with van der Waals surface area (Å²) in [6.07, 6.45) is -3.25. The van der Waals surface area contributed by atoms with Crippen molar-refractivity contribution in [1.82, 2.24) is 4.98 Å². The van der Waals surface area contributed by atoms with Gasteiger partial charge in [-0.3, -0.25) is 4.79 Å². The number of aldehydes is 1. The summed E-state index contributed by atoms with van der Waals surface area (Å²) in [5.74, 6) is -0.558. The molecule has 20 heavy (non-hydrogen) atoms. The van der Waals surface area contributed by atoms with Crippen molar-refractivity contribution in [3.8, 4) is 0 Å². The fourth-order valence-electron chi connectivity index (χ4n) is 1.43. The van der Waals surface area contributed by atoms with Crippen molar-refractivity contribution < 1.29 is 22.4 Å². The van der Waals surface area contributed by atoms with Crippen molar-refractivity contribution in [2.75, 3.05) is 0 Å². The van der Waals surface area contributed by atoms with Crippen LogP contribution in [0.2, 0.25) is 0 Å². The van der Waals surface area contributed by atoms with E-state index in [-0.39, 0.29) is 10.6 Å². The standard InChI is InChI=1S/C13H7F4NOS/c14-10-2-3-11(8(5-10)7-19)20-12-4-1-9(6-18-12)13(15,16)17/h1-7H. The maximum atomic E-state index is 12.9. The van der Waals surface area contributed by atoms with E-state index in [2.05, 4.69) is 4.98 Å². The molecule has 1 aromatic carbocycles. The highest BCUT2D eigenvalue weighted by Crippen LogP contribution is 2.32. The number of carbonyl (C=O) groups excluding carboxylic acids is 1. The van der Waals surface area contributed by atoms with Gasteiger partial charge in [-0.2, -0.15) is 13.2 Å². The summed E-state index contributed by atoms with van der Waals surface area (Å²) in [4.78, 5) is 14.9. The predicted octanol–water partition coefficient (Wildman–Crippen LogP) is 4.20. The minimum Gasteiger partial charge on any atom is -0.298 e. The van der Waals surface area contributed by atoms with Crippen LogP contribution < -0.4 is 0 Å². The van der Waals surface area contributed by atoms with Gasteiger partial charge in [0, 0.05) is 16.7 Å². The number of carbonyl (C=O) groups is 1. The van der Waals surface area contributed by atoms with Gasteiger partial charge in [-0.15, -0.1) is 0 Å². The van der Waals surface area contributed by atoms with Crippen LogP contribution in [-0.4, -0.2) is 11.3 Å². The van der Waals surface area contributed by atoms with Gasteiger partial charge >= 0.3 is 6.18 Å². The normalized spacial score (nSPS) is 11.4. The van der Waals surface area contributed by atoms with Crippen LogP contribution in [0.3, 0.4) is 0 Å². The summed E-state index contributed by atoms with van der Waals surface area (Å²) in [6, 6.07) is 5.70. The topological polar surface area (TPSA) is 30.0 Å². The second-order valence-electron chi connectivity index (χ2n) is 3.78. The summed E-state index contributed by atoms with van der Waals surface area (Å²) in [7, 11) is 0. The van der Waals surface area contributed by atoms with Crippen LogP contribution in [0.5, 0.6) is 0 Å². The van der Waals surface area contributed by atoms with Crippen molar-refractivity contribution in [3.63, 3.8) is 0 Å². The summed E-state index contributed by atoms with van der Waals surface area (Å²) >= 11 is 0.990. The maximum absolute atomic E-state index is 12.9. The van der Waals surface area contributed by atoms with E-state index in [4.69, 9.17) is 0 Å². The van der Waals surface area contributed by atoms with E-state index < -0.39 is 17.6 Å². The Balaban J connectivity index is 2.25. The molecule has 0 radical (unpaired) electrons. The average molecular weight is 301 g/mol. The molecule has 1 aromatic heterocycles. The minimum absolute atomic E-state index is 0.122. The molecule has 0 unspecified atom stereocenters. The molecular formula is C13H7F4NOS. The molecule has 0 saturated carbocycles. The smallest absolute Gasteiger partial charge is 0.298 e. The molecule has 0 saturated heterocycles. The van der Waals surface area contributed by atoms with Crippen LogP contribution in [0, 0.1) is 5.82 Å². The average Bonchev–Trinajstić information content (AvgIpc) is 2.40. The fraction of sp³-hybridized carbons (Fsp3) is 0.0769. The summed E-state index contributed by atoms with van der Waals surface area (Å²) < 4.78 is 50.1. The zero-order valence-electron chi connectivity index (χ0n) is 9.82. The van der Waals surface area contributed by atoms with Crippen LogP contribution in [0.15, 0.2) is 46.5 Å². The molecule has 0 aliphatic carbocycles. The third kappa shape index (κ3) is 3.36. The van der Waals surface area contributed by atoms with Gasteiger partial charge in [0.05, 0.1) is 5.56 Å². The lowest BCUT2D eigenvalue weighted by Gasteiger charge is -2.07. The number of pyridine rings is 1. The first-order valence-corrected chi connectivity index (χ1v) is 6.17. The Morgan fingerprint density at radius 1 is 1.15 bits per heavy atom. The first kappa shape index (κ1) is 14.5. The van der Waals surface area contributed by atoms with Crippen LogP contribution in [0.4, 0.5) is 17.6 Å². The first-order chi connectivity index (χ1) is 9.40. The van der Waals surface area contributed by atoms with Gasteiger partial charge < -0.3 is 0 Å². The Kier molecular flexibility index (Phi) is 4.08. The Hall–Kier alpha value is -1.89. The number of alkyl halides is 3. The highest BCUT2D eigenvalue weighted by atomic mass is 32.2. The molecular weight excluding hydrogens is 294 g/mol. The molecule has 0 aliphatic heterocycles. The van der Waals surface area contributed by atoms with Gasteiger partial charge in [-0.1, -0.05) is 11.8 Å². The number of rotatable bonds is 3. The first-order valence-electron chi connectivity index (χ1n) is 5.36. The second-order valence-corrected chi connectivity index (χ2v) is 4.85. The van der Waals surface area contributed by atoms with Crippen molar-refractivity contribution in [2.45, 2.75) is 16.1 Å². The highest BCUT2D eigenvalue weighted by Gasteiger charge is 2.30. The van der Waals surface area contributed by atoms with Crippen LogP contribution in [0.25, 0.3) is 0 Å². The second kappa shape index (κ2) is 5.62. The van der Waals surface area contributed by atoms with Crippen molar-refractivity contribution in [1.29, 1.82) is 0 Å². The minimum atomic E-state index is -4.44. The van der Waals surface area contributed by atoms with E-state index in [0.717, 1.165) is 23.9 Å². The van der Waals surface area contributed by atoms with E-state index in [1.807, 2.05) is 0 Å². The third-order valence-corrected chi connectivity index (χ3v) is 3.42. The lowest BCUT2D eigenvalue weighted by atomic mass is 10.2. The molecule has 0 bridgehead atoms. The van der Waals surface area contributed by atoms with Crippen LogP contribution in [0.1, 0.15) is 15.9 Å². The lowest BCUT2D eigenvalue weighted by Crippen LogP contribution is -2.05. The molecule has 0 atom stereocenters. The molecule has 0 spiro atoms. The van der Waals surface area contributed by atoms with E-state index in [1.165, 1.54) is 18.2 Å². The predicted molar refractivity (Wildman–Crippen MR) is 65.1 cm³/mol. The quantitative estimate of drug-likeness (QED) is 0.628. The van der Waals surface area contributed by atoms with E-state index in [0.29, 0.717) is 17.4 Å². The Bertz CT molecular complexity index is 625.